The highest BCUT2D eigenvalue weighted by atomic mass is 35.5. The third-order valence-corrected chi connectivity index (χ3v) is 5.18. The van der Waals surface area contributed by atoms with E-state index >= 15 is 0 Å². The van der Waals surface area contributed by atoms with Crippen molar-refractivity contribution in [1.82, 2.24) is 4.90 Å². The lowest BCUT2D eigenvalue weighted by Crippen LogP contribution is -2.34. The smallest absolute Gasteiger partial charge is 0.326 e. The zero-order chi connectivity index (χ0) is 21.6. The molecule has 1 heterocycles. The molecule has 0 aromatic heterocycles. The number of thioether (sulfide) groups is 1. The van der Waals surface area contributed by atoms with Gasteiger partial charge in [0.15, 0.2) is 11.5 Å². The molecule has 1 aliphatic heterocycles. The van der Waals surface area contributed by atoms with Crippen molar-refractivity contribution < 1.29 is 28.6 Å². The number of esters is 1. The van der Waals surface area contributed by atoms with Gasteiger partial charge in [0.25, 0.3) is 11.1 Å². The molecule has 2 amide bonds. The van der Waals surface area contributed by atoms with Crippen molar-refractivity contribution in [2.24, 2.45) is 0 Å². The Balaban J connectivity index is 2.30. The molecule has 0 saturated carbocycles. The normalized spacial score (nSPS) is 16.3. The number of carbonyl (C=O) groups is 3. The van der Waals surface area contributed by atoms with E-state index in [0.717, 1.165) is 23.1 Å². The molecule has 1 aromatic rings. The quantitative estimate of drug-likeness (QED) is 0.411. The number of imide groups is 1. The SMILES string of the molecule is CCOC(=O)CN1C(=O)S/C(=C/c2cc(Cl)c(O[C@@H](C)CC)c(OCC)c2)C1=O. The zero-order valence-corrected chi connectivity index (χ0v) is 18.4. The molecule has 0 radical (unpaired) electrons. The summed E-state index contributed by atoms with van der Waals surface area (Å²) >= 11 is 7.15. The van der Waals surface area contributed by atoms with Gasteiger partial charge in [-0.05, 0) is 62.7 Å². The van der Waals surface area contributed by atoms with Crippen molar-refractivity contribution in [3.05, 3.63) is 27.6 Å². The van der Waals surface area contributed by atoms with Crippen LogP contribution in [0.5, 0.6) is 11.5 Å². The van der Waals surface area contributed by atoms with Crippen molar-refractivity contribution >= 4 is 46.6 Å². The molecule has 0 aliphatic carbocycles. The van der Waals surface area contributed by atoms with E-state index in [1.165, 1.54) is 6.08 Å². The third kappa shape index (κ3) is 5.90. The lowest BCUT2D eigenvalue weighted by Gasteiger charge is -2.18. The predicted octanol–water partition coefficient (Wildman–Crippen LogP) is 4.52. The summed E-state index contributed by atoms with van der Waals surface area (Å²) < 4.78 is 16.3. The van der Waals surface area contributed by atoms with Gasteiger partial charge in [-0.1, -0.05) is 18.5 Å². The second kappa shape index (κ2) is 10.5. The highest BCUT2D eigenvalue weighted by Crippen LogP contribution is 2.39. The van der Waals surface area contributed by atoms with Gasteiger partial charge in [-0.25, -0.2) is 0 Å². The molecule has 1 atom stereocenters. The number of hydrogen-bond acceptors (Lipinski definition) is 7. The van der Waals surface area contributed by atoms with Crippen LogP contribution in [0.1, 0.15) is 39.7 Å². The van der Waals surface area contributed by atoms with E-state index in [2.05, 4.69) is 0 Å². The number of carbonyl (C=O) groups excluding carboxylic acids is 3. The van der Waals surface area contributed by atoms with Gasteiger partial charge in [0.1, 0.15) is 6.54 Å². The molecule has 1 saturated heterocycles. The van der Waals surface area contributed by atoms with Gasteiger partial charge in [0, 0.05) is 0 Å². The largest absolute Gasteiger partial charge is 0.490 e. The summed E-state index contributed by atoms with van der Waals surface area (Å²) in [5.41, 5.74) is 0.580. The number of rotatable bonds is 9. The molecule has 158 valence electrons. The van der Waals surface area contributed by atoms with Gasteiger partial charge in [-0.2, -0.15) is 0 Å². The fraction of sp³-hybridized carbons (Fsp3) is 0.450. The Morgan fingerprint density at radius 3 is 2.59 bits per heavy atom. The van der Waals surface area contributed by atoms with E-state index in [1.54, 1.807) is 19.1 Å². The van der Waals surface area contributed by atoms with Crippen LogP contribution in [0.4, 0.5) is 4.79 Å². The average Bonchev–Trinajstić information content (AvgIpc) is 2.92. The predicted molar refractivity (Wildman–Crippen MR) is 112 cm³/mol. The first-order chi connectivity index (χ1) is 13.8. The summed E-state index contributed by atoms with van der Waals surface area (Å²) in [6.45, 7) is 7.59. The summed E-state index contributed by atoms with van der Waals surface area (Å²) in [4.78, 5) is 37.3. The fourth-order valence-electron chi connectivity index (χ4n) is 2.46. The van der Waals surface area contributed by atoms with Crippen LogP contribution < -0.4 is 9.47 Å². The topological polar surface area (TPSA) is 82.1 Å². The van der Waals surface area contributed by atoms with Crippen LogP contribution in [0, 0.1) is 0 Å². The van der Waals surface area contributed by atoms with Gasteiger partial charge >= 0.3 is 5.97 Å². The number of hydrogen-bond donors (Lipinski definition) is 0. The van der Waals surface area contributed by atoms with Crippen molar-refractivity contribution in [3.8, 4) is 11.5 Å². The van der Waals surface area contributed by atoms with Crippen LogP contribution in [0.25, 0.3) is 6.08 Å². The second-order valence-corrected chi connectivity index (χ2v) is 7.57. The molecule has 1 fully saturated rings. The lowest BCUT2D eigenvalue weighted by atomic mass is 10.1. The Hall–Kier alpha value is -2.19. The van der Waals surface area contributed by atoms with E-state index in [9.17, 15) is 14.4 Å². The first-order valence-electron chi connectivity index (χ1n) is 9.34. The summed E-state index contributed by atoms with van der Waals surface area (Å²) in [5, 5.41) is -0.185. The van der Waals surface area contributed by atoms with Crippen molar-refractivity contribution in [3.63, 3.8) is 0 Å². The molecule has 29 heavy (non-hydrogen) atoms. The van der Waals surface area contributed by atoms with Crippen LogP contribution in [-0.2, 0) is 14.3 Å². The Morgan fingerprint density at radius 2 is 1.97 bits per heavy atom. The summed E-state index contributed by atoms with van der Waals surface area (Å²) in [6.07, 6.45) is 2.30. The number of halogens is 1. The monoisotopic (exact) mass is 441 g/mol. The standard InChI is InChI=1S/C20H24ClNO6S/c1-5-12(4)28-18-14(21)8-13(9-15(18)26-6-2)10-16-19(24)22(20(25)29-16)11-17(23)27-7-3/h8-10,12H,5-7,11H2,1-4H3/b16-10+/t12-/m0/s1. The Labute approximate surface area is 179 Å². The lowest BCUT2D eigenvalue weighted by molar-refractivity contribution is -0.145. The van der Waals surface area contributed by atoms with E-state index < -0.39 is 23.7 Å². The van der Waals surface area contributed by atoms with E-state index in [1.807, 2.05) is 20.8 Å². The van der Waals surface area contributed by atoms with Crippen molar-refractivity contribution in [2.75, 3.05) is 19.8 Å². The Bertz CT molecular complexity index is 825. The van der Waals surface area contributed by atoms with Gasteiger partial charge in [0.2, 0.25) is 0 Å². The van der Waals surface area contributed by atoms with E-state index in [-0.39, 0.29) is 17.6 Å². The van der Waals surface area contributed by atoms with Crippen LogP contribution in [-0.4, -0.2) is 47.9 Å². The number of ether oxygens (including phenoxy) is 3. The maximum atomic E-state index is 12.5. The van der Waals surface area contributed by atoms with E-state index in [0.29, 0.717) is 28.7 Å². The third-order valence-electron chi connectivity index (χ3n) is 3.99. The molecule has 1 aromatic carbocycles. The van der Waals surface area contributed by atoms with Crippen LogP contribution in [0.15, 0.2) is 17.0 Å². The van der Waals surface area contributed by atoms with Crippen LogP contribution in [0.2, 0.25) is 5.02 Å². The van der Waals surface area contributed by atoms with Crippen LogP contribution in [0.3, 0.4) is 0 Å². The Morgan fingerprint density at radius 1 is 1.24 bits per heavy atom. The van der Waals surface area contributed by atoms with Gasteiger partial charge in [-0.3, -0.25) is 19.3 Å². The molecule has 7 nitrogen and oxygen atoms in total. The highest BCUT2D eigenvalue weighted by molar-refractivity contribution is 8.18. The summed E-state index contributed by atoms with van der Waals surface area (Å²) in [7, 11) is 0. The first kappa shape index (κ1) is 23.1. The van der Waals surface area contributed by atoms with Crippen molar-refractivity contribution in [1.29, 1.82) is 0 Å². The summed E-state index contributed by atoms with van der Waals surface area (Å²) in [5.74, 6) is -0.293. The average molecular weight is 442 g/mol. The molecule has 9 heteroatoms. The van der Waals surface area contributed by atoms with E-state index in [4.69, 9.17) is 25.8 Å². The summed E-state index contributed by atoms with van der Waals surface area (Å²) in [6, 6.07) is 3.34. The van der Waals surface area contributed by atoms with Gasteiger partial charge in [0.05, 0.1) is 29.2 Å². The first-order valence-corrected chi connectivity index (χ1v) is 10.5. The van der Waals surface area contributed by atoms with Gasteiger partial charge < -0.3 is 14.2 Å². The molecule has 0 N–H and O–H groups in total. The van der Waals surface area contributed by atoms with Crippen molar-refractivity contribution in [2.45, 2.75) is 40.2 Å². The fourth-order valence-corrected chi connectivity index (χ4v) is 3.56. The van der Waals surface area contributed by atoms with Gasteiger partial charge in [-0.15, -0.1) is 0 Å². The minimum atomic E-state index is -0.635. The molecular weight excluding hydrogens is 418 g/mol. The number of nitrogens with zero attached hydrogens (tertiary/aromatic N) is 1. The maximum Gasteiger partial charge on any atom is 0.326 e. The number of amides is 2. The zero-order valence-electron chi connectivity index (χ0n) is 16.8. The number of benzene rings is 1. The molecule has 0 spiro atoms. The molecule has 0 bridgehead atoms. The Kier molecular flexibility index (Phi) is 8.40. The second-order valence-electron chi connectivity index (χ2n) is 6.17. The minimum Gasteiger partial charge on any atom is -0.490 e. The minimum absolute atomic E-state index is 0.0445. The highest BCUT2D eigenvalue weighted by Gasteiger charge is 2.36. The maximum absolute atomic E-state index is 12.5. The molecular formula is C20H24ClNO6S. The molecule has 2 rings (SSSR count). The molecule has 1 aliphatic rings. The molecule has 0 unspecified atom stereocenters. The van der Waals surface area contributed by atoms with Crippen LogP contribution >= 0.6 is 23.4 Å².